The molecule has 0 radical (unpaired) electrons. The maximum Gasteiger partial charge on any atom is 0.324 e. The van der Waals surface area contributed by atoms with Gasteiger partial charge in [-0.2, -0.15) is 4.72 Å². The number of nitro groups is 1. The molecule has 114 valence electrons. The van der Waals surface area contributed by atoms with Crippen LogP contribution in [0.15, 0.2) is 29.2 Å². The van der Waals surface area contributed by atoms with E-state index in [9.17, 15) is 28.4 Å². The summed E-state index contributed by atoms with van der Waals surface area (Å²) in [6.45, 7) is 0. The van der Waals surface area contributed by atoms with Gasteiger partial charge in [-0.05, 0) is 18.9 Å². The molecule has 0 atom stereocenters. The summed E-state index contributed by atoms with van der Waals surface area (Å²) in [5.74, 6) is -1.23. The van der Waals surface area contributed by atoms with E-state index in [4.69, 9.17) is 0 Å². The lowest BCUT2D eigenvalue weighted by atomic mass is 10.0. The number of nitrogens with zero attached hydrogens (tertiary/aromatic N) is 1. The van der Waals surface area contributed by atoms with Crippen molar-refractivity contribution in [3.63, 3.8) is 0 Å². The lowest BCUT2D eigenvalue weighted by Crippen LogP contribution is -2.52. The van der Waals surface area contributed by atoms with Crippen molar-refractivity contribution in [2.75, 3.05) is 0 Å². The minimum Gasteiger partial charge on any atom is -0.480 e. The van der Waals surface area contributed by atoms with E-state index in [1.54, 1.807) is 0 Å². The molecule has 8 nitrogen and oxygen atoms in total. The van der Waals surface area contributed by atoms with E-state index in [0.29, 0.717) is 12.8 Å². The molecule has 0 unspecified atom stereocenters. The number of aliphatic carboxylic acids is 1. The van der Waals surface area contributed by atoms with Gasteiger partial charge < -0.3 is 5.11 Å². The number of hydrogen-bond acceptors (Lipinski definition) is 5. The first-order valence-electron chi connectivity index (χ1n) is 6.29. The van der Waals surface area contributed by atoms with Gasteiger partial charge in [0.15, 0.2) is 0 Å². The maximum atomic E-state index is 12.3. The van der Waals surface area contributed by atoms with Gasteiger partial charge in [0.2, 0.25) is 10.0 Å². The molecular formula is C12H14N2O6S. The van der Waals surface area contributed by atoms with Crippen LogP contribution in [-0.2, 0) is 14.8 Å². The highest BCUT2D eigenvalue weighted by molar-refractivity contribution is 7.89. The average Bonchev–Trinajstić information content (AvgIpc) is 2.88. The number of sulfonamides is 1. The van der Waals surface area contributed by atoms with Crippen LogP contribution >= 0.6 is 0 Å². The molecule has 1 fully saturated rings. The predicted molar refractivity (Wildman–Crippen MR) is 72.3 cm³/mol. The van der Waals surface area contributed by atoms with E-state index < -0.39 is 26.5 Å². The molecule has 1 saturated carbocycles. The molecule has 9 heteroatoms. The Morgan fingerprint density at radius 1 is 1.33 bits per heavy atom. The fraction of sp³-hybridized carbons (Fsp3) is 0.417. The van der Waals surface area contributed by atoms with E-state index in [1.165, 1.54) is 18.2 Å². The number of hydrogen-bond donors (Lipinski definition) is 2. The molecule has 0 amide bonds. The standard InChI is InChI=1S/C12H14N2O6S/c15-11(16)12(6-1-2-7-12)13-21(19,20)10-5-3-4-9(8-10)14(17)18/h3-5,8,13H,1-2,6-7H2,(H,15,16). The Morgan fingerprint density at radius 3 is 2.48 bits per heavy atom. The van der Waals surface area contributed by atoms with Gasteiger partial charge in [-0.3, -0.25) is 14.9 Å². The van der Waals surface area contributed by atoms with Crippen LogP contribution < -0.4 is 4.72 Å². The minimum atomic E-state index is -4.14. The largest absolute Gasteiger partial charge is 0.480 e. The Morgan fingerprint density at radius 2 is 1.95 bits per heavy atom. The molecule has 21 heavy (non-hydrogen) atoms. The molecule has 0 spiro atoms. The summed E-state index contributed by atoms with van der Waals surface area (Å²) < 4.78 is 26.8. The predicted octanol–water partition coefficient (Wildman–Crippen LogP) is 1.27. The number of carboxylic acid groups (broad SMARTS) is 1. The number of nitro benzene ring substituents is 1. The summed E-state index contributed by atoms with van der Waals surface area (Å²) in [6, 6.07) is 4.52. The van der Waals surface area contributed by atoms with Crippen LogP contribution in [0.2, 0.25) is 0 Å². The van der Waals surface area contributed by atoms with Gasteiger partial charge in [-0.25, -0.2) is 8.42 Å². The van der Waals surface area contributed by atoms with Gasteiger partial charge in [0.05, 0.1) is 9.82 Å². The summed E-state index contributed by atoms with van der Waals surface area (Å²) in [5, 5.41) is 20.0. The molecule has 0 aromatic heterocycles. The SMILES string of the molecule is O=C(O)C1(NS(=O)(=O)c2cccc([N+](=O)[O-])c2)CCCC1. The maximum absolute atomic E-state index is 12.3. The van der Waals surface area contributed by atoms with Crippen molar-refractivity contribution in [3.8, 4) is 0 Å². The summed E-state index contributed by atoms with van der Waals surface area (Å²) in [6.07, 6.45) is 1.64. The van der Waals surface area contributed by atoms with Gasteiger partial charge in [0.25, 0.3) is 5.69 Å². The quantitative estimate of drug-likeness (QED) is 0.622. The van der Waals surface area contributed by atoms with Crippen LogP contribution in [0.5, 0.6) is 0 Å². The Balaban J connectivity index is 2.36. The van der Waals surface area contributed by atoms with E-state index in [1.807, 2.05) is 0 Å². The van der Waals surface area contributed by atoms with E-state index >= 15 is 0 Å². The van der Waals surface area contributed by atoms with Crippen molar-refractivity contribution >= 4 is 21.7 Å². The van der Waals surface area contributed by atoms with Crippen molar-refractivity contribution < 1.29 is 23.2 Å². The second-order valence-electron chi connectivity index (χ2n) is 4.95. The smallest absolute Gasteiger partial charge is 0.324 e. The second kappa shape index (κ2) is 5.41. The topological polar surface area (TPSA) is 127 Å². The second-order valence-corrected chi connectivity index (χ2v) is 6.64. The molecular weight excluding hydrogens is 300 g/mol. The van der Waals surface area contributed by atoms with E-state index in [2.05, 4.69) is 4.72 Å². The highest BCUT2D eigenvalue weighted by atomic mass is 32.2. The number of carboxylic acids is 1. The molecule has 0 bridgehead atoms. The van der Waals surface area contributed by atoms with Crippen molar-refractivity contribution in [2.45, 2.75) is 36.1 Å². The van der Waals surface area contributed by atoms with Crippen molar-refractivity contribution in [2.24, 2.45) is 0 Å². The Kier molecular flexibility index (Phi) is 3.97. The number of non-ortho nitro benzene ring substituents is 1. The lowest BCUT2D eigenvalue weighted by molar-refractivity contribution is -0.385. The van der Waals surface area contributed by atoms with Gasteiger partial charge in [-0.15, -0.1) is 0 Å². The number of benzene rings is 1. The molecule has 1 aliphatic rings. The number of carbonyl (C=O) groups is 1. The number of rotatable bonds is 5. The zero-order chi connectivity index (χ0) is 15.7. The van der Waals surface area contributed by atoms with Gasteiger partial charge in [0, 0.05) is 12.1 Å². The first-order chi connectivity index (χ1) is 9.77. The summed E-state index contributed by atoms with van der Waals surface area (Å²) in [5.41, 5.74) is -1.89. The third-order valence-electron chi connectivity index (χ3n) is 3.53. The molecule has 0 aliphatic heterocycles. The summed E-state index contributed by atoms with van der Waals surface area (Å²) >= 11 is 0. The minimum absolute atomic E-state index is 0.205. The molecule has 0 heterocycles. The van der Waals surface area contributed by atoms with Crippen LogP contribution in [0.25, 0.3) is 0 Å². The molecule has 1 aromatic carbocycles. The van der Waals surface area contributed by atoms with Crippen LogP contribution in [0.1, 0.15) is 25.7 Å². The molecule has 2 N–H and O–H groups in total. The monoisotopic (exact) mass is 314 g/mol. The fourth-order valence-electron chi connectivity index (χ4n) is 2.42. The highest BCUT2D eigenvalue weighted by Crippen LogP contribution is 2.32. The first kappa shape index (κ1) is 15.4. The lowest BCUT2D eigenvalue weighted by Gasteiger charge is -2.24. The van der Waals surface area contributed by atoms with Gasteiger partial charge in [0.1, 0.15) is 5.54 Å². The first-order valence-corrected chi connectivity index (χ1v) is 7.77. The van der Waals surface area contributed by atoms with E-state index in [0.717, 1.165) is 6.07 Å². The zero-order valence-corrected chi connectivity index (χ0v) is 11.8. The van der Waals surface area contributed by atoms with Crippen molar-refractivity contribution in [1.82, 2.24) is 4.72 Å². The Labute approximate surface area is 121 Å². The molecule has 0 saturated heterocycles. The highest BCUT2D eigenvalue weighted by Gasteiger charge is 2.44. The van der Waals surface area contributed by atoms with Gasteiger partial charge in [-0.1, -0.05) is 18.9 Å². The van der Waals surface area contributed by atoms with Crippen molar-refractivity contribution in [1.29, 1.82) is 0 Å². The van der Waals surface area contributed by atoms with Crippen LogP contribution in [0.4, 0.5) is 5.69 Å². The summed E-state index contributed by atoms with van der Waals surface area (Å²) in [7, 11) is -4.14. The van der Waals surface area contributed by atoms with Crippen LogP contribution in [0, 0.1) is 10.1 Å². The molecule has 1 aromatic rings. The van der Waals surface area contributed by atoms with E-state index in [-0.39, 0.29) is 23.4 Å². The van der Waals surface area contributed by atoms with Crippen LogP contribution in [-0.4, -0.2) is 30.0 Å². The Bertz CT molecular complexity index is 679. The summed E-state index contributed by atoms with van der Waals surface area (Å²) in [4.78, 5) is 21.0. The molecule has 1 aliphatic carbocycles. The van der Waals surface area contributed by atoms with Crippen LogP contribution in [0.3, 0.4) is 0 Å². The third kappa shape index (κ3) is 3.03. The molecule has 2 rings (SSSR count). The average molecular weight is 314 g/mol. The zero-order valence-electron chi connectivity index (χ0n) is 11.0. The third-order valence-corrected chi connectivity index (χ3v) is 5.07. The fourth-order valence-corrected chi connectivity index (χ4v) is 3.88. The Hall–Kier alpha value is -2.00. The van der Waals surface area contributed by atoms with Gasteiger partial charge >= 0.3 is 5.97 Å². The number of nitrogens with one attached hydrogen (secondary N) is 1. The normalized spacial score (nSPS) is 17.5. The van der Waals surface area contributed by atoms with Crippen molar-refractivity contribution in [3.05, 3.63) is 34.4 Å².